The summed E-state index contributed by atoms with van der Waals surface area (Å²) in [5, 5.41) is 2.12. The van der Waals surface area contributed by atoms with E-state index >= 15 is 0 Å². The highest BCUT2D eigenvalue weighted by molar-refractivity contribution is 6.19. The number of fused-ring (bicyclic) bond motifs is 1. The molecule has 0 atom stereocenters. The van der Waals surface area contributed by atoms with E-state index in [1.54, 1.807) is 0 Å². The predicted molar refractivity (Wildman–Crippen MR) is 95.6 cm³/mol. The third-order valence-corrected chi connectivity index (χ3v) is 4.31. The van der Waals surface area contributed by atoms with E-state index in [1.807, 2.05) is 48.5 Å². The van der Waals surface area contributed by atoms with Crippen LogP contribution in [0.15, 0.2) is 85.0 Å². The van der Waals surface area contributed by atoms with Gasteiger partial charge in [0, 0.05) is 11.1 Å². The Morgan fingerprint density at radius 1 is 0.826 bits per heavy atom. The summed E-state index contributed by atoms with van der Waals surface area (Å²) in [6.07, 6.45) is 7.17. The Bertz CT molecular complexity index is 946. The monoisotopic (exact) mass is 296 g/mol. The summed E-state index contributed by atoms with van der Waals surface area (Å²) in [7, 11) is 0. The lowest BCUT2D eigenvalue weighted by Crippen LogP contribution is -2.06. The summed E-state index contributed by atoms with van der Waals surface area (Å²) in [5.74, 6) is 0.0881. The van der Waals surface area contributed by atoms with Crippen molar-refractivity contribution < 1.29 is 4.79 Å². The minimum Gasteiger partial charge on any atom is -0.289 e. The van der Waals surface area contributed by atoms with Crippen molar-refractivity contribution in [1.82, 2.24) is 0 Å². The molecule has 0 fully saturated rings. The molecule has 0 heterocycles. The van der Waals surface area contributed by atoms with Gasteiger partial charge in [0.05, 0.1) is 0 Å². The highest BCUT2D eigenvalue weighted by Crippen LogP contribution is 2.32. The van der Waals surface area contributed by atoms with Gasteiger partial charge >= 0.3 is 0 Å². The lowest BCUT2D eigenvalue weighted by molar-refractivity contribution is 0.104. The molecule has 0 spiro atoms. The number of allylic oxidation sites excluding steroid dienone is 4. The van der Waals surface area contributed by atoms with Crippen molar-refractivity contribution in [1.29, 1.82) is 0 Å². The Morgan fingerprint density at radius 3 is 2.39 bits per heavy atom. The second-order valence-electron chi connectivity index (χ2n) is 5.73. The van der Waals surface area contributed by atoms with Crippen LogP contribution in [-0.2, 0) is 0 Å². The number of rotatable bonds is 3. The van der Waals surface area contributed by atoms with Crippen LogP contribution in [0.3, 0.4) is 0 Å². The average molecular weight is 296 g/mol. The number of ketones is 1. The zero-order chi connectivity index (χ0) is 15.6. The Kier molecular flexibility index (Phi) is 3.39. The fraction of sp³-hybridized carbons (Fsp3) is 0.0455. The largest absolute Gasteiger partial charge is 0.289 e. The minimum atomic E-state index is 0.0881. The highest BCUT2D eigenvalue weighted by Gasteiger charge is 2.19. The van der Waals surface area contributed by atoms with Crippen LogP contribution in [0.2, 0.25) is 0 Å². The maximum atomic E-state index is 13.2. The molecule has 0 radical (unpaired) electrons. The molecule has 0 aliphatic heterocycles. The molecule has 0 amide bonds. The van der Waals surface area contributed by atoms with Gasteiger partial charge in [-0.1, -0.05) is 85.0 Å². The fourth-order valence-electron chi connectivity index (χ4n) is 3.16. The van der Waals surface area contributed by atoms with Crippen molar-refractivity contribution in [3.8, 4) is 0 Å². The molecule has 1 aliphatic carbocycles. The normalized spacial score (nSPS) is 13.3. The zero-order valence-corrected chi connectivity index (χ0v) is 12.7. The lowest BCUT2D eigenvalue weighted by atomic mass is 9.89. The third-order valence-electron chi connectivity index (χ3n) is 4.31. The summed E-state index contributed by atoms with van der Waals surface area (Å²) in [5.41, 5.74) is 3.79. The van der Waals surface area contributed by atoms with E-state index < -0.39 is 0 Å². The van der Waals surface area contributed by atoms with Gasteiger partial charge in [0.15, 0.2) is 5.78 Å². The molecular weight excluding hydrogens is 280 g/mol. The molecule has 3 aromatic carbocycles. The Morgan fingerprint density at radius 2 is 1.61 bits per heavy atom. The number of carbonyl (C=O) groups excluding carboxylic acids is 1. The Balaban J connectivity index is 1.98. The summed E-state index contributed by atoms with van der Waals surface area (Å²) in [6, 6.07) is 21.8. The highest BCUT2D eigenvalue weighted by atomic mass is 16.1. The summed E-state index contributed by atoms with van der Waals surface area (Å²) in [6.45, 7) is 0. The third kappa shape index (κ3) is 2.40. The predicted octanol–water partition coefficient (Wildman–Crippen LogP) is 5.41. The van der Waals surface area contributed by atoms with Crippen molar-refractivity contribution in [3.63, 3.8) is 0 Å². The first-order valence-electron chi connectivity index (χ1n) is 7.82. The first-order valence-corrected chi connectivity index (χ1v) is 7.82. The second-order valence-corrected chi connectivity index (χ2v) is 5.73. The number of benzene rings is 3. The van der Waals surface area contributed by atoms with Gasteiger partial charge in [-0.2, -0.15) is 0 Å². The molecule has 4 rings (SSSR count). The summed E-state index contributed by atoms with van der Waals surface area (Å²) < 4.78 is 0. The molecule has 0 N–H and O–H groups in total. The van der Waals surface area contributed by atoms with Crippen LogP contribution in [0.25, 0.3) is 16.3 Å². The maximum Gasteiger partial charge on any atom is 0.194 e. The van der Waals surface area contributed by atoms with E-state index in [0.717, 1.165) is 33.9 Å². The molecule has 1 heteroatoms. The molecule has 3 aromatic rings. The molecule has 0 unspecified atom stereocenters. The van der Waals surface area contributed by atoms with Crippen molar-refractivity contribution in [2.24, 2.45) is 0 Å². The molecule has 0 bridgehead atoms. The van der Waals surface area contributed by atoms with E-state index in [2.05, 4.69) is 36.4 Å². The van der Waals surface area contributed by atoms with Gasteiger partial charge in [-0.3, -0.25) is 4.79 Å². The van der Waals surface area contributed by atoms with Crippen LogP contribution in [0.5, 0.6) is 0 Å². The quantitative estimate of drug-likeness (QED) is 0.590. The van der Waals surface area contributed by atoms with E-state index in [4.69, 9.17) is 0 Å². The summed E-state index contributed by atoms with van der Waals surface area (Å²) in [4.78, 5) is 13.2. The molecule has 1 nitrogen and oxygen atoms in total. The van der Waals surface area contributed by atoms with E-state index in [9.17, 15) is 4.79 Å². The Hall–Kier alpha value is -2.93. The van der Waals surface area contributed by atoms with Gasteiger partial charge in [-0.25, -0.2) is 0 Å². The smallest absolute Gasteiger partial charge is 0.194 e. The topological polar surface area (TPSA) is 17.1 Å². The van der Waals surface area contributed by atoms with E-state index in [-0.39, 0.29) is 5.78 Å². The fourth-order valence-corrected chi connectivity index (χ4v) is 3.16. The van der Waals surface area contributed by atoms with Gasteiger partial charge in [0.2, 0.25) is 0 Å². The van der Waals surface area contributed by atoms with E-state index in [1.165, 1.54) is 5.57 Å². The van der Waals surface area contributed by atoms with Crippen LogP contribution in [0.4, 0.5) is 0 Å². The van der Waals surface area contributed by atoms with Crippen molar-refractivity contribution >= 4 is 22.1 Å². The first kappa shape index (κ1) is 13.7. The van der Waals surface area contributed by atoms with Crippen molar-refractivity contribution in [2.45, 2.75) is 6.42 Å². The average Bonchev–Trinajstić information content (AvgIpc) is 3.15. The molecule has 0 saturated carbocycles. The zero-order valence-electron chi connectivity index (χ0n) is 12.7. The van der Waals surface area contributed by atoms with Crippen LogP contribution < -0.4 is 0 Å². The van der Waals surface area contributed by atoms with Gasteiger partial charge in [-0.05, 0) is 28.3 Å². The number of carbonyl (C=O) groups is 1. The standard InChI is InChI=1S/C22H16O/c23-22(18-11-2-1-3-12-18)21-19-13-7-6-10-17(19)14-15-20(21)16-8-4-5-9-16/h1-8,10-15H,9H2. The SMILES string of the molecule is O=C(c1ccccc1)c1c(C2=CC=CC2)ccc2ccccc12. The van der Waals surface area contributed by atoms with Gasteiger partial charge in [0.1, 0.15) is 0 Å². The second kappa shape index (κ2) is 5.69. The number of hydrogen-bond donors (Lipinski definition) is 0. The van der Waals surface area contributed by atoms with Gasteiger partial charge in [0.25, 0.3) is 0 Å². The lowest BCUT2D eigenvalue weighted by Gasteiger charge is -2.13. The molecule has 23 heavy (non-hydrogen) atoms. The molecular formula is C22H16O. The maximum absolute atomic E-state index is 13.2. The summed E-state index contributed by atoms with van der Waals surface area (Å²) >= 11 is 0. The molecule has 0 saturated heterocycles. The minimum absolute atomic E-state index is 0.0881. The van der Waals surface area contributed by atoms with Crippen LogP contribution in [0, 0.1) is 0 Å². The van der Waals surface area contributed by atoms with Crippen LogP contribution in [-0.4, -0.2) is 5.78 Å². The first-order chi connectivity index (χ1) is 11.3. The Labute approximate surface area is 135 Å². The van der Waals surface area contributed by atoms with Crippen molar-refractivity contribution in [2.75, 3.05) is 0 Å². The van der Waals surface area contributed by atoms with Crippen LogP contribution in [0.1, 0.15) is 27.9 Å². The van der Waals surface area contributed by atoms with E-state index in [0.29, 0.717) is 0 Å². The molecule has 1 aliphatic rings. The van der Waals surface area contributed by atoms with Gasteiger partial charge in [-0.15, -0.1) is 0 Å². The molecule has 110 valence electrons. The van der Waals surface area contributed by atoms with Crippen molar-refractivity contribution in [3.05, 3.63) is 102 Å². The molecule has 0 aromatic heterocycles. The van der Waals surface area contributed by atoms with Crippen LogP contribution >= 0.6 is 0 Å². The van der Waals surface area contributed by atoms with Gasteiger partial charge < -0.3 is 0 Å². The number of hydrogen-bond acceptors (Lipinski definition) is 1.